The van der Waals surface area contributed by atoms with Crippen molar-refractivity contribution in [1.82, 2.24) is 4.90 Å². The van der Waals surface area contributed by atoms with E-state index in [0.29, 0.717) is 31.5 Å². The first kappa shape index (κ1) is 16.2. The van der Waals surface area contributed by atoms with Gasteiger partial charge in [0.2, 0.25) is 5.91 Å². The first-order valence-corrected chi connectivity index (χ1v) is 7.81. The number of hydrogen-bond donors (Lipinski definition) is 1. The molecule has 5 heteroatoms. The second kappa shape index (κ2) is 6.71. The zero-order valence-corrected chi connectivity index (χ0v) is 13.6. The van der Waals surface area contributed by atoms with Crippen molar-refractivity contribution >= 4 is 27.9 Å². The molecule has 1 amide bonds. The summed E-state index contributed by atoms with van der Waals surface area (Å²) in [4.78, 5) is 13.9. The maximum atomic E-state index is 13.6. The number of benzene rings is 1. The second-order valence-corrected chi connectivity index (χ2v) is 6.59. The normalized spacial score (nSPS) is 23.3. The number of aliphatic hydroxyl groups is 1. The van der Waals surface area contributed by atoms with E-state index >= 15 is 0 Å². The van der Waals surface area contributed by atoms with Crippen LogP contribution in [0, 0.1) is 5.82 Å². The van der Waals surface area contributed by atoms with Crippen molar-refractivity contribution in [3.8, 4) is 0 Å². The SMILES string of the molecule is CC1(O)CCCN(C(=O)/C=C/c2cc(Br)ccc2F)CC1. The molecule has 0 spiro atoms. The molecule has 21 heavy (non-hydrogen) atoms. The van der Waals surface area contributed by atoms with E-state index < -0.39 is 5.60 Å². The highest BCUT2D eigenvalue weighted by molar-refractivity contribution is 9.10. The molecule has 114 valence electrons. The van der Waals surface area contributed by atoms with Crippen LogP contribution in [-0.4, -0.2) is 34.6 Å². The minimum Gasteiger partial charge on any atom is -0.390 e. The number of carbonyl (C=O) groups is 1. The van der Waals surface area contributed by atoms with Crippen LogP contribution in [0.5, 0.6) is 0 Å². The molecule has 0 bridgehead atoms. The summed E-state index contributed by atoms with van der Waals surface area (Å²) in [6, 6.07) is 4.61. The van der Waals surface area contributed by atoms with Crippen molar-refractivity contribution in [3.63, 3.8) is 0 Å². The predicted molar refractivity (Wildman–Crippen MR) is 84.2 cm³/mol. The molecule has 1 aliphatic rings. The van der Waals surface area contributed by atoms with Crippen LogP contribution in [-0.2, 0) is 4.79 Å². The van der Waals surface area contributed by atoms with Gasteiger partial charge in [0.25, 0.3) is 0 Å². The molecule has 1 saturated heterocycles. The molecule has 3 nitrogen and oxygen atoms in total. The molecule has 0 aromatic heterocycles. The van der Waals surface area contributed by atoms with Crippen molar-refractivity contribution in [2.75, 3.05) is 13.1 Å². The van der Waals surface area contributed by atoms with E-state index in [1.54, 1.807) is 24.0 Å². The van der Waals surface area contributed by atoms with Gasteiger partial charge in [-0.05, 0) is 50.5 Å². The molecular weight excluding hydrogens is 337 g/mol. The van der Waals surface area contributed by atoms with Gasteiger partial charge in [0.05, 0.1) is 5.60 Å². The Morgan fingerprint density at radius 1 is 1.43 bits per heavy atom. The molecule has 0 radical (unpaired) electrons. The highest BCUT2D eigenvalue weighted by Crippen LogP contribution is 2.22. The Morgan fingerprint density at radius 2 is 2.19 bits per heavy atom. The van der Waals surface area contributed by atoms with E-state index in [1.165, 1.54) is 18.2 Å². The molecule has 0 aliphatic carbocycles. The highest BCUT2D eigenvalue weighted by Gasteiger charge is 2.26. The summed E-state index contributed by atoms with van der Waals surface area (Å²) in [5.41, 5.74) is -0.325. The van der Waals surface area contributed by atoms with Gasteiger partial charge in [-0.3, -0.25) is 4.79 Å². The van der Waals surface area contributed by atoms with E-state index in [9.17, 15) is 14.3 Å². The van der Waals surface area contributed by atoms with Gasteiger partial charge in [-0.25, -0.2) is 4.39 Å². The summed E-state index contributed by atoms with van der Waals surface area (Å²) >= 11 is 3.28. The van der Waals surface area contributed by atoms with Crippen LogP contribution in [0.15, 0.2) is 28.7 Å². The fourth-order valence-corrected chi connectivity index (χ4v) is 2.77. The Morgan fingerprint density at radius 3 is 2.95 bits per heavy atom. The van der Waals surface area contributed by atoms with E-state index in [2.05, 4.69) is 15.9 Å². The fourth-order valence-electron chi connectivity index (χ4n) is 2.39. The molecule has 1 heterocycles. The zero-order chi connectivity index (χ0) is 15.5. The summed E-state index contributed by atoms with van der Waals surface area (Å²) in [6.07, 6.45) is 4.92. The lowest BCUT2D eigenvalue weighted by Crippen LogP contribution is -2.32. The minimum atomic E-state index is -0.699. The van der Waals surface area contributed by atoms with Crippen molar-refractivity contribution < 1.29 is 14.3 Å². The molecule has 1 fully saturated rings. The highest BCUT2D eigenvalue weighted by atomic mass is 79.9. The molecule has 1 N–H and O–H groups in total. The zero-order valence-electron chi connectivity index (χ0n) is 12.0. The Kier molecular flexibility index (Phi) is 5.17. The lowest BCUT2D eigenvalue weighted by atomic mass is 9.98. The summed E-state index contributed by atoms with van der Waals surface area (Å²) in [6.45, 7) is 2.95. The number of likely N-dealkylation sites (tertiary alicyclic amines) is 1. The standard InChI is InChI=1S/C16H19BrFNO2/c1-16(21)7-2-9-19(10-8-16)15(20)6-3-12-11-13(17)4-5-14(12)18/h3-6,11,21H,2,7-10H2,1H3/b6-3+. The third-order valence-corrected chi connectivity index (χ3v) is 4.23. The van der Waals surface area contributed by atoms with E-state index in [1.807, 2.05) is 0 Å². The van der Waals surface area contributed by atoms with Crippen molar-refractivity contribution in [3.05, 3.63) is 40.1 Å². The monoisotopic (exact) mass is 355 g/mol. The van der Waals surface area contributed by atoms with Crippen molar-refractivity contribution in [1.29, 1.82) is 0 Å². The molecular formula is C16H19BrFNO2. The maximum absolute atomic E-state index is 13.6. The molecule has 1 aliphatic heterocycles. The van der Waals surface area contributed by atoms with Crippen LogP contribution >= 0.6 is 15.9 Å². The average molecular weight is 356 g/mol. The molecule has 1 aromatic carbocycles. The number of halogens is 2. The summed E-state index contributed by atoms with van der Waals surface area (Å²) in [5, 5.41) is 10.0. The number of nitrogens with zero attached hydrogens (tertiary/aromatic N) is 1. The third kappa shape index (κ3) is 4.64. The molecule has 1 atom stereocenters. The number of rotatable bonds is 2. The molecule has 1 unspecified atom stereocenters. The van der Waals surface area contributed by atoms with Gasteiger partial charge in [-0.1, -0.05) is 15.9 Å². The topological polar surface area (TPSA) is 40.5 Å². The van der Waals surface area contributed by atoms with Crippen LogP contribution in [0.4, 0.5) is 4.39 Å². The van der Waals surface area contributed by atoms with E-state index in [-0.39, 0.29) is 11.7 Å². The minimum absolute atomic E-state index is 0.146. The Hall–Kier alpha value is -1.20. The lowest BCUT2D eigenvalue weighted by Gasteiger charge is -2.21. The van der Waals surface area contributed by atoms with Crippen LogP contribution < -0.4 is 0 Å². The van der Waals surface area contributed by atoms with E-state index in [0.717, 1.165) is 10.9 Å². The van der Waals surface area contributed by atoms with Crippen LogP contribution in [0.1, 0.15) is 31.7 Å². The van der Waals surface area contributed by atoms with Crippen LogP contribution in [0.25, 0.3) is 6.08 Å². The first-order chi connectivity index (χ1) is 9.87. The molecule has 1 aromatic rings. The number of hydrogen-bond acceptors (Lipinski definition) is 2. The summed E-state index contributed by atoms with van der Waals surface area (Å²) < 4.78 is 14.4. The first-order valence-electron chi connectivity index (χ1n) is 7.02. The van der Waals surface area contributed by atoms with Crippen LogP contribution in [0.3, 0.4) is 0 Å². The van der Waals surface area contributed by atoms with Gasteiger partial charge in [-0.15, -0.1) is 0 Å². The largest absolute Gasteiger partial charge is 0.390 e. The smallest absolute Gasteiger partial charge is 0.246 e. The number of carbonyl (C=O) groups excluding carboxylic acids is 1. The lowest BCUT2D eigenvalue weighted by molar-refractivity contribution is -0.126. The quantitative estimate of drug-likeness (QED) is 0.826. The van der Waals surface area contributed by atoms with Gasteiger partial charge in [-0.2, -0.15) is 0 Å². The van der Waals surface area contributed by atoms with Gasteiger partial charge in [0.1, 0.15) is 5.82 Å². The van der Waals surface area contributed by atoms with Gasteiger partial charge >= 0.3 is 0 Å². The summed E-state index contributed by atoms with van der Waals surface area (Å²) in [7, 11) is 0. The Balaban J connectivity index is 2.04. The summed E-state index contributed by atoms with van der Waals surface area (Å²) in [5.74, 6) is -0.506. The van der Waals surface area contributed by atoms with Gasteiger partial charge in [0.15, 0.2) is 0 Å². The van der Waals surface area contributed by atoms with Gasteiger partial charge < -0.3 is 10.0 Å². The van der Waals surface area contributed by atoms with Crippen molar-refractivity contribution in [2.45, 2.75) is 31.8 Å². The fraction of sp³-hybridized carbons (Fsp3) is 0.438. The van der Waals surface area contributed by atoms with Crippen LogP contribution in [0.2, 0.25) is 0 Å². The van der Waals surface area contributed by atoms with Crippen molar-refractivity contribution in [2.24, 2.45) is 0 Å². The predicted octanol–water partition coefficient (Wildman–Crippen LogP) is 3.36. The third-order valence-electron chi connectivity index (χ3n) is 3.74. The average Bonchev–Trinajstić information content (AvgIpc) is 2.60. The molecule has 0 saturated carbocycles. The van der Waals surface area contributed by atoms with E-state index in [4.69, 9.17) is 0 Å². The van der Waals surface area contributed by atoms with Gasteiger partial charge in [0, 0.05) is 29.2 Å². The number of amides is 1. The Bertz CT molecular complexity index is 557. The Labute approximate surface area is 132 Å². The molecule has 2 rings (SSSR count). The second-order valence-electron chi connectivity index (χ2n) is 5.67. The maximum Gasteiger partial charge on any atom is 0.246 e.